The third-order valence-electron chi connectivity index (χ3n) is 4.49. The van der Waals surface area contributed by atoms with Gasteiger partial charge in [0.2, 0.25) is 5.91 Å². The lowest BCUT2D eigenvalue weighted by molar-refractivity contribution is -0.117. The van der Waals surface area contributed by atoms with E-state index in [4.69, 9.17) is 11.0 Å². The molecule has 0 aliphatic rings. The van der Waals surface area contributed by atoms with Crippen LogP contribution < -0.4 is 11.3 Å². The van der Waals surface area contributed by atoms with E-state index < -0.39 is 11.2 Å². The molecule has 1 atom stereocenters. The van der Waals surface area contributed by atoms with Crippen LogP contribution in [0.15, 0.2) is 70.7 Å². The van der Waals surface area contributed by atoms with Gasteiger partial charge in [0, 0.05) is 0 Å². The Morgan fingerprint density at radius 3 is 2.60 bits per heavy atom. The van der Waals surface area contributed by atoms with Crippen molar-refractivity contribution in [2.24, 2.45) is 5.73 Å². The van der Waals surface area contributed by atoms with Crippen molar-refractivity contribution in [3.63, 3.8) is 0 Å². The summed E-state index contributed by atoms with van der Waals surface area (Å²) in [7, 11) is 0. The normalized spacial score (nSPS) is 11.8. The summed E-state index contributed by atoms with van der Waals surface area (Å²) in [4.78, 5) is 31.8. The molecule has 0 spiro atoms. The molecule has 30 heavy (non-hydrogen) atoms. The number of aromatic nitrogens is 4. The predicted molar refractivity (Wildman–Crippen MR) is 113 cm³/mol. The van der Waals surface area contributed by atoms with Gasteiger partial charge in [-0.05, 0) is 23.3 Å². The van der Waals surface area contributed by atoms with Crippen molar-refractivity contribution in [2.75, 3.05) is 0 Å². The molecule has 0 bridgehead atoms. The molecule has 9 heteroatoms. The Bertz CT molecular complexity index is 1310. The summed E-state index contributed by atoms with van der Waals surface area (Å²) in [6, 6.07) is 18.3. The highest BCUT2D eigenvalue weighted by Crippen LogP contribution is 2.33. The molecule has 0 aliphatic heterocycles. The monoisotopic (exact) mass is 416 g/mol. The van der Waals surface area contributed by atoms with E-state index >= 15 is 0 Å². The molecule has 0 saturated carbocycles. The Kier molecular flexibility index (Phi) is 5.32. The molecule has 4 rings (SSSR count). The smallest absolute Gasteiger partial charge is 0.262 e. The fraction of sp³-hybridized carbons (Fsp3) is 0.0952. The van der Waals surface area contributed by atoms with E-state index in [9.17, 15) is 9.59 Å². The summed E-state index contributed by atoms with van der Waals surface area (Å²) in [5.74, 6) is -0.578. The van der Waals surface area contributed by atoms with Gasteiger partial charge in [-0.1, -0.05) is 54.2 Å². The molecule has 2 aromatic heterocycles. The van der Waals surface area contributed by atoms with Crippen molar-refractivity contribution >= 4 is 28.7 Å². The van der Waals surface area contributed by atoms with Crippen molar-refractivity contribution in [1.29, 1.82) is 5.26 Å². The van der Waals surface area contributed by atoms with Crippen molar-refractivity contribution in [2.45, 2.75) is 17.0 Å². The first-order chi connectivity index (χ1) is 14.5. The number of aromatic amines is 1. The lowest BCUT2D eigenvalue weighted by Gasteiger charge is -2.13. The van der Waals surface area contributed by atoms with Crippen LogP contribution in [-0.4, -0.2) is 25.7 Å². The van der Waals surface area contributed by atoms with Crippen molar-refractivity contribution in [1.82, 2.24) is 19.7 Å². The van der Waals surface area contributed by atoms with E-state index in [1.54, 1.807) is 28.9 Å². The highest BCUT2D eigenvalue weighted by molar-refractivity contribution is 8.00. The van der Waals surface area contributed by atoms with Gasteiger partial charge in [-0.3, -0.25) is 9.59 Å². The molecule has 1 amide bonds. The van der Waals surface area contributed by atoms with Gasteiger partial charge in [-0.2, -0.15) is 10.4 Å². The van der Waals surface area contributed by atoms with Crippen LogP contribution in [0.5, 0.6) is 0 Å². The Labute approximate surface area is 175 Å². The molecule has 148 valence electrons. The van der Waals surface area contributed by atoms with E-state index in [0.29, 0.717) is 28.7 Å². The van der Waals surface area contributed by atoms with Gasteiger partial charge in [0.1, 0.15) is 10.6 Å². The largest absolute Gasteiger partial charge is 0.368 e. The van der Waals surface area contributed by atoms with E-state index in [2.05, 4.69) is 15.1 Å². The number of rotatable bonds is 6. The second kappa shape index (κ2) is 8.23. The third kappa shape index (κ3) is 3.94. The second-order valence-electron chi connectivity index (χ2n) is 6.53. The molecule has 8 nitrogen and oxygen atoms in total. The molecular weight excluding hydrogens is 400 g/mol. The number of nitriles is 1. The zero-order valence-corrected chi connectivity index (χ0v) is 16.5. The number of carbonyl (C=O) groups excluding carboxylic acids is 1. The summed E-state index contributed by atoms with van der Waals surface area (Å²) in [5, 5.41) is 13.1. The minimum Gasteiger partial charge on any atom is -0.368 e. The Morgan fingerprint density at radius 2 is 1.93 bits per heavy atom. The first-order valence-corrected chi connectivity index (χ1v) is 9.89. The number of amides is 1. The van der Waals surface area contributed by atoms with Crippen LogP contribution in [0, 0.1) is 11.3 Å². The number of benzene rings is 2. The second-order valence-corrected chi connectivity index (χ2v) is 7.62. The maximum absolute atomic E-state index is 12.5. The molecule has 4 aromatic rings. The number of H-pyrrole nitrogens is 1. The first-order valence-electron chi connectivity index (χ1n) is 9.01. The van der Waals surface area contributed by atoms with E-state index in [1.165, 1.54) is 6.20 Å². The topological polar surface area (TPSA) is 130 Å². The third-order valence-corrected chi connectivity index (χ3v) is 5.65. The number of nitrogens with zero attached hydrogens (tertiary/aromatic N) is 4. The molecule has 0 radical (unpaired) electrons. The van der Waals surface area contributed by atoms with Crippen LogP contribution >= 0.6 is 11.8 Å². The number of hydrogen-bond donors (Lipinski definition) is 2. The van der Waals surface area contributed by atoms with Crippen LogP contribution in [0.4, 0.5) is 0 Å². The molecule has 0 saturated heterocycles. The lowest BCUT2D eigenvalue weighted by Crippen LogP contribution is -2.20. The van der Waals surface area contributed by atoms with Crippen molar-refractivity contribution < 1.29 is 4.79 Å². The average molecular weight is 416 g/mol. The predicted octanol–water partition coefficient (Wildman–Crippen LogP) is 2.36. The summed E-state index contributed by atoms with van der Waals surface area (Å²) in [5.41, 5.74) is 7.78. The van der Waals surface area contributed by atoms with Gasteiger partial charge >= 0.3 is 0 Å². The number of carbonyl (C=O) groups is 1. The molecule has 2 heterocycles. The zero-order valence-electron chi connectivity index (χ0n) is 15.6. The van der Waals surface area contributed by atoms with Crippen LogP contribution in [-0.2, 0) is 11.3 Å². The number of hydrogen-bond acceptors (Lipinski definition) is 6. The lowest BCUT2D eigenvalue weighted by atomic mass is 10.1. The summed E-state index contributed by atoms with van der Waals surface area (Å²) >= 11 is 1.05. The number of nitrogens with one attached hydrogen (secondary N) is 1. The van der Waals surface area contributed by atoms with Crippen molar-refractivity contribution in [3.8, 4) is 6.07 Å². The van der Waals surface area contributed by atoms with Gasteiger partial charge in [-0.25, -0.2) is 9.67 Å². The standard InChI is InChI=1S/C21H16N6O2S/c22-10-13-6-8-15(9-7-13)17(18(23)28)30-21-25-19-16(20(29)26-21)11-24-27(19)12-14-4-2-1-3-5-14/h1-9,11,17H,12H2,(H2,23,28)(H,25,26,29). The molecule has 2 aromatic carbocycles. The highest BCUT2D eigenvalue weighted by Gasteiger charge is 2.22. The first kappa shape index (κ1) is 19.4. The van der Waals surface area contributed by atoms with Gasteiger partial charge < -0.3 is 10.7 Å². The quantitative estimate of drug-likeness (QED) is 0.366. The maximum Gasteiger partial charge on any atom is 0.262 e. The highest BCUT2D eigenvalue weighted by atomic mass is 32.2. The van der Waals surface area contributed by atoms with E-state index in [-0.39, 0.29) is 10.7 Å². The number of thioether (sulfide) groups is 1. The van der Waals surface area contributed by atoms with Crippen LogP contribution in [0.25, 0.3) is 11.0 Å². The summed E-state index contributed by atoms with van der Waals surface area (Å²) in [6.45, 7) is 0.458. The van der Waals surface area contributed by atoms with Gasteiger partial charge in [0.05, 0.1) is 24.4 Å². The molecule has 0 fully saturated rings. The number of fused-ring (bicyclic) bond motifs is 1. The SMILES string of the molecule is N#Cc1ccc(C(Sc2nc3c(cnn3Cc3ccccc3)c(=O)[nH]2)C(N)=O)cc1. The average Bonchev–Trinajstić information content (AvgIpc) is 3.16. The van der Waals surface area contributed by atoms with Crippen LogP contribution in [0.2, 0.25) is 0 Å². The minimum atomic E-state index is -0.774. The zero-order chi connectivity index (χ0) is 21.1. The van der Waals surface area contributed by atoms with Gasteiger partial charge in [0.25, 0.3) is 5.56 Å². The maximum atomic E-state index is 12.5. The van der Waals surface area contributed by atoms with Crippen LogP contribution in [0.1, 0.15) is 21.9 Å². The molecule has 1 unspecified atom stereocenters. The fourth-order valence-corrected chi connectivity index (χ4v) is 3.93. The van der Waals surface area contributed by atoms with Crippen molar-refractivity contribution in [3.05, 3.63) is 87.8 Å². The Morgan fingerprint density at radius 1 is 1.20 bits per heavy atom. The summed E-state index contributed by atoms with van der Waals surface area (Å²) in [6.07, 6.45) is 1.48. The van der Waals surface area contributed by atoms with Gasteiger partial charge in [-0.15, -0.1) is 0 Å². The Balaban J connectivity index is 1.69. The number of nitrogens with two attached hydrogens (primary N) is 1. The molecular formula is C21H16N6O2S. The fourth-order valence-electron chi connectivity index (χ4n) is 3.01. The molecule has 3 N–H and O–H groups in total. The van der Waals surface area contributed by atoms with Gasteiger partial charge in [0.15, 0.2) is 10.8 Å². The molecule has 0 aliphatic carbocycles. The number of primary amides is 1. The van der Waals surface area contributed by atoms with E-state index in [0.717, 1.165) is 17.3 Å². The summed E-state index contributed by atoms with van der Waals surface area (Å²) < 4.78 is 1.64. The van der Waals surface area contributed by atoms with E-state index in [1.807, 2.05) is 36.4 Å². The van der Waals surface area contributed by atoms with Crippen LogP contribution in [0.3, 0.4) is 0 Å². The Hall–Kier alpha value is -3.90. The minimum absolute atomic E-state index is 0.260.